The number of phenols is 1. The van der Waals surface area contributed by atoms with Crippen LogP contribution >= 0.6 is 11.6 Å². The summed E-state index contributed by atoms with van der Waals surface area (Å²) < 4.78 is 5.41. The summed E-state index contributed by atoms with van der Waals surface area (Å²) in [5, 5.41) is 17.0. The maximum atomic E-state index is 13.8. The van der Waals surface area contributed by atoms with Crippen LogP contribution in [0, 0.1) is 0 Å². The van der Waals surface area contributed by atoms with Gasteiger partial charge in [0.15, 0.2) is 0 Å². The standard InChI is InChI=1S/C32H25ClN4O4/c1-41-21-7-8-22-23(13-21)30-19(15-33)16-37(28(30)14-29(22)38)32(40)27-12-18-10-20(6-9-25(18)36-27)34-31(39)26-11-17-4-2-3-5-24(17)35-26/h2-14,19,35-36,38H,15-16H2,1H3,(H,34,39)/t19-/m0/s1. The van der Waals surface area contributed by atoms with E-state index < -0.39 is 0 Å². The number of benzene rings is 4. The number of para-hydroxylation sites is 1. The lowest BCUT2D eigenvalue weighted by atomic mass is 9.95. The van der Waals surface area contributed by atoms with E-state index in [-0.39, 0.29) is 23.5 Å². The van der Waals surface area contributed by atoms with Gasteiger partial charge in [-0.3, -0.25) is 9.59 Å². The number of ether oxygens (including phenoxy) is 1. The van der Waals surface area contributed by atoms with Crippen molar-refractivity contribution in [2.45, 2.75) is 5.92 Å². The lowest BCUT2D eigenvalue weighted by Gasteiger charge is -2.17. The Bertz CT molecular complexity index is 1980. The van der Waals surface area contributed by atoms with Gasteiger partial charge in [0, 0.05) is 57.3 Å². The zero-order valence-corrected chi connectivity index (χ0v) is 22.8. The molecule has 0 bridgehead atoms. The van der Waals surface area contributed by atoms with Gasteiger partial charge in [-0.1, -0.05) is 18.2 Å². The van der Waals surface area contributed by atoms with Crippen molar-refractivity contribution >= 4 is 67.4 Å². The number of methoxy groups -OCH3 is 1. The Morgan fingerprint density at radius 1 is 0.951 bits per heavy atom. The lowest BCUT2D eigenvalue weighted by Crippen LogP contribution is -2.30. The summed E-state index contributed by atoms with van der Waals surface area (Å²) in [6.45, 7) is 0.384. The number of phenolic OH excluding ortho intramolecular Hbond substituents is 1. The molecule has 2 aromatic heterocycles. The van der Waals surface area contributed by atoms with Crippen LogP contribution in [0.25, 0.3) is 32.6 Å². The molecule has 9 heteroatoms. The second kappa shape index (κ2) is 9.60. The van der Waals surface area contributed by atoms with Gasteiger partial charge in [0.25, 0.3) is 11.8 Å². The molecule has 2 amide bonds. The molecule has 0 unspecified atom stereocenters. The topological polar surface area (TPSA) is 110 Å². The van der Waals surface area contributed by atoms with E-state index in [1.165, 1.54) is 0 Å². The highest BCUT2D eigenvalue weighted by atomic mass is 35.5. The minimum Gasteiger partial charge on any atom is -0.507 e. The highest BCUT2D eigenvalue weighted by Crippen LogP contribution is 2.46. The Morgan fingerprint density at radius 2 is 1.73 bits per heavy atom. The van der Waals surface area contributed by atoms with E-state index in [4.69, 9.17) is 16.3 Å². The molecule has 4 N–H and O–H groups in total. The van der Waals surface area contributed by atoms with Gasteiger partial charge < -0.3 is 30.0 Å². The minimum absolute atomic E-state index is 0.0846. The zero-order chi connectivity index (χ0) is 28.2. The summed E-state index contributed by atoms with van der Waals surface area (Å²) in [6.07, 6.45) is 0. The van der Waals surface area contributed by atoms with Crippen molar-refractivity contribution in [3.8, 4) is 11.5 Å². The summed E-state index contributed by atoms with van der Waals surface area (Å²) in [6, 6.07) is 23.9. The van der Waals surface area contributed by atoms with E-state index in [1.807, 2.05) is 54.6 Å². The summed E-state index contributed by atoms with van der Waals surface area (Å²) in [7, 11) is 1.59. The van der Waals surface area contributed by atoms with Gasteiger partial charge in [-0.2, -0.15) is 0 Å². The predicted molar refractivity (Wildman–Crippen MR) is 162 cm³/mol. The van der Waals surface area contributed by atoms with Crippen molar-refractivity contribution in [1.82, 2.24) is 9.97 Å². The van der Waals surface area contributed by atoms with E-state index in [1.54, 1.807) is 36.3 Å². The zero-order valence-electron chi connectivity index (χ0n) is 22.0. The average molecular weight is 565 g/mol. The first-order valence-corrected chi connectivity index (χ1v) is 13.7. The van der Waals surface area contributed by atoms with Gasteiger partial charge in [0.1, 0.15) is 22.9 Å². The number of nitrogens with zero attached hydrogens (tertiary/aromatic N) is 1. The van der Waals surface area contributed by atoms with Crippen LogP contribution in [-0.4, -0.2) is 46.4 Å². The molecule has 0 saturated heterocycles. The fourth-order valence-electron chi connectivity index (χ4n) is 5.77. The predicted octanol–water partition coefficient (Wildman–Crippen LogP) is 6.75. The van der Waals surface area contributed by atoms with Crippen LogP contribution in [-0.2, 0) is 0 Å². The van der Waals surface area contributed by atoms with Crippen LogP contribution in [0.5, 0.6) is 11.5 Å². The van der Waals surface area contributed by atoms with Gasteiger partial charge in [0.05, 0.1) is 12.8 Å². The second-order valence-corrected chi connectivity index (χ2v) is 10.5. The van der Waals surface area contributed by atoms with Crippen molar-refractivity contribution in [3.63, 3.8) is 0 Å². The average Bonchev–Trinajstić information content (AvgIpc) is 3.71. The number of aromatic amines is 2. The largest absolute Gasteiger partial charge is 0.507 e. The van der Waals surface area contributed by atoms with Crippen LogP contribution in [0.15, 0.2) is 78.9 Å². The number of carbonyl (C=O) groups is 2. The Labute approximate surface area is 239 Å². The van der Waals surface area contributed by atoms with Gasteiger partial charge in [-0.25, -0.2) is 0 Å². The third-order valence-corrected chi connectivity index (χ3v) is 8.13. The maximum Gasteiger partial charge on any atom is 0.274 e. The summed E-state index contributed by atoms with van der Waals surface area (Å²) >= 11 is 6.38. The lowest BCUT2D eigenvalue weighted by molar-refractivity contribution is 0.0982. The molecule has 8 nitrogen and oxygen atoms in total. The number of fused-ring (bicyclic) bond motifs is 5. The molecule has 4 aromatic carbocycles. The minimum atomic E-state index is -0.253. The summed E-state index contributed by atoms with van der Waals surface area (Å²) in [4.78, 5) is 34.7. The number of aromatic hydroxyl groups is 1. The number of anilines is 2. The quantitative estimate of drug-likeness (QED) is 0.174. The molecule has 0 spiro atoms. The molecule has 7 rings (SSSR count). The van der Waals surface area contributed by atoms with Gasteiger partial charge in [-0.05, 0) is 65.5 Å². The summed E-state index contributed by atoms with van der Waals surface area (Å²) in [5.41, 5.74) is 4.66. The Hall–Kier alpha value is -4.95. The molecule has 1 aliphatic rings. The van der Waals surface area contributed by atoms with E-state index in [9.17, 15) is 14.7 Å². The number of aromatic nitrogens is 2. The third-order valence-electron chi connectivity index (χ3n) is 7.76. The first kappa shape index (κ1) is 25.0. The van der Waals surface area contributed by atoms with Crippen LogP contribution in [0.3, 0.4) is 0 Å². The number of amides is 2. The molecule has 0 fully saturated rings. The number of rotatable bonds is 5. The molecular formula is C32H25ClN4O4. The number of alkyl halides is 1. The molecule has 204 valence electrons. The van der Waals surface area contributed by atoms with Gasteiger partial charge >= 0.3 is 0 Å². The molecule has 0 saturated carbocycles. The molecule has 6 aromatic rings. The Kier molecular flexibility index (Phi) is 5.87. The molecule has 1 aliphatic heterocycles. The van der Waals surface area contributed by atoms with Crippen molar-refractivity contribution in [2.24, 2.45) is 0 Å². The molecule has 0 aliphatic carbocycles. The molecule has 1 atom stereocenters. The van der Waals surface area contributed by atoms with E-state index in [2.05, 4.69) is 15.3 Å². The number of halogens is 1. The molecule has 0 radical (unpaired) electrons. The van der Waals surface area contributed by atoms with E-state index >= 15 is 0 Å². The molecule has 3 heterocycles. The van der Waals surface area contributed by atoms with Gasteiger partial charge in [-0.15, -0.1) is 11.6 Å². The first-order valence-electron chi connectivity index (χ1n) is 13.2. The van der Waals surface area contributed by atoms with Crippen molar-refractivity contribution in [3.05, 3.63) is 95.8 Å². The number of H-pyrrole nitrogens is 2. The van der Waals surface area contributed by atoms with Crippen molar-refractivity contribution in [1.29, 1.82) is 0 Å². The Balaban J connectivity index is 1.19. The highest BCUT2D eigenvalue weighted by Gasteiger charge is 2.35. The monoisotopic (exact) mass is 564 g/mol. The second-order valence-electron chi connectivity index (χ2n) is 10.2. The van der Waals surface area contributed by atoms with Crippen LogP contribution in [0.2, 0.25) is 0 Å². The highest BCUT2D eigenvalue weighted by molar-refractivity contribution is 6.19. The smallest absolute Gasteiger partial charge is 0.274 e. The van der Waals surface area contributed by atoms with Crippen molar-refractivity contribution < 1.29 is 19.4 Å². The normalized spacial score (nSPS) is 14.6. The van der Waals surface area contributed by atoms with E-state index in [0.29, 0.717) is 46.3 Å². The Morgan fingerprint density at radius 3 is 2.54 bits per heavy atom. The maximum absolute atomic E-state index is 13.8. The van der Waals surface area contributed by atoms with Crippen LogP contribution in [0.1, 0.15) is 32.5 Å². The van der Waals surface area contributed by atoms with E-state index in [0.717, 1.165) is 32.8 Å². The van der Waals surface area contributed by atoms with Crippen molar-refractivity contribution in [2.75, 3.05) is 29.8 Å². The first-order chi connectivity index (χ1) is 19.9. The number of nitrogens with one attached hydrogen (secondary N) is 3. The number of hydrogen-bond acceptors (Lipinski definition) is 4. The van der Waals surface area contributed by atoms with Gasteiger partial charge in [0.2, 0.25) is 0 Å². The molecule has 41 heavy (non-hydrogen) atoms. The fraction of sp³-hybridized carbons (Fsp3) is 0.125. The number of hydrogen-bond donors (Lipinski definition) is 4. The summed E-state index contributed by atoms with van der Waals surface area (Å²) in [5.74, 6) is 0.465. The third kappa shape index (κ3) is 4.15. The number of carbonyl (C=O) groups excluding carboxylic acids is 2. The SMILES string of the molecule is COc1ccc2c(O)cc3c(c2c1)[C@@H](CCl)CN3C(=O)c1cc2cc(NC(=O)c3cc4ccccc4[nH]3)ccc2[nH]1. The fourth-order valence-corrected chi connectivity index (χ4v) is 6.02. The molecular weight excluding hydrogens is 540 g/mol. The van der Waals surface area contributed by atoms with Crippen LogP contribution < -0.4 is 15.0 Å². The van der Waals surface area contributed by atoms with Crippen LogP contribution in [0.4, 0.5) is 11.4 Å².